The van der Waals surface area contributed by atoms with Crippen LogP contribution in [0.25, 0.3) is 6.08 Å². The Morgan fingerprint density at radius 1 is 0.865 bits per heavy atom. The van der Waals surface area contributed by atoms with Crippen LogP contribution >= 0.6 is 0 Å². The minimum Gasteiger partial charge on any atom is -0.507 e. The standard InChI is InChI=1S/C44H49NO6Si/c1-30(26-31-16-14-15-23-38(31)47)24-25-39(48)40-32(27-36-41(37(40)28-46)43(50)45(42(36)49)33-17-8-5-9-18-33)29-51-52(44(2,3)4,34-19-10-6-11-20-34)35-21-12-7-13-22-35/h5-23,26,36-37,39,41,46-48H,24-25,27-29H2,1-4H3/b30-26+/t36-,37+,39-,41-/m1/s1. The van der Waals surface area contributed by atoms with E-state index in [0.29, 0.717) is 29.7 Å². The smallest absolute Gasteiger partial charge is 0.261 e. The number of benzene rings is 4. The third-order valence-electron chi connectivity index (χ3n) is 10.8. The zero-order chi connectivity index (χ0) is 37.0. The Kier molecular flexibility index (Phi) is 11.1. The minimum atomic E-state index is -3.02. The Labute approximate surface area is 308 Å². The summed E-state index contributed by atoms with van der Waals surface area (Å²) in [5, 5.41) is 35.4. The fourth-order valence-electron chi connectivity index (χ4n) is 8.35. The van der Waals surface area contributed by atoms with Gasteiger partial charge in [0.15, 0.2) is 0 Å². The molecule has 7 nitrogen and oxygen atoms in total. The molecule has 1 aliphatic carbocycles. The Morgan fingerprint density at radius 3 is 1.98 bits per heavy atom. The van der Waals surface area contributed by atoms with E-state index in [1.165, 1.54) is 4.90 Å². The number of imide groups is 1. The highest BCUT2D eigenvalue weighted by Crippen LogP contribution is 2.48. The molecule has 1 heterocycles. The predicted octanol–water partition coefficient (Wildman–Crippen LogP) is 6.63. The van der Waals surface area contributed by atoms with Crippen LogP contribution in [0.1, 0.15) is 52.5 Å². The number of hydrogen-bond acceptors (Lipinski definition) is 6. The monoisotopic (exact) mass is 715 g/mol. The molecular weight excluding hydrogens is 667 g/mol. The van der Waals surface area contributed by atoms with Crippen molar-refractivity contribution >= 4 is 42.3 Å². The zero-order valence-electron chi connectivity index (χ0n) is 30.4. The summed E-state index contributed by atoms with van der Waals surface area (Å²) in [6.45, 7) is 8.30. The van der Waals surface area contributed by atoms with Crippen molar-refractivity contribution in [1.82, 2.24) is 0 Å². The molecule has 4 aromatic carbocycles. The lowest BCUT2D eigenvalue weighted by molar-refractivity contribution is -0.123. The van der Waals surface area contributed by atoms with E-state index < -0.39 is 38.8 Å². The van der Waals surface area contributed by atoms with Crippen LogP contribution in [-0.2, 0) is 14.0 Å². The highest BCUT2D eigenvalue weighted by molar-refractivity contribution is 6.99. The summed E-state index contributed by atoms with van der Waals surface area (Å²) in [5.74, 6) is -2.73. The molecular formula is C44H49NO6Si. The Bertz CT molecular complexity index is 1900. The first-order valence-corrected chi connectivity index (χ1v) is 20.0. The summed E-state index contributed by atoms with van der Waals surface area (Å²) < 4.78 is 7.36. The summed E-state index contributed by atoms with van der Waals surface area (Å²) in [7, 11) is -3.02. The molecule has 52 heavy (non-hydrogen) atoms. The lowest BCUT2D eigenvalue weighted by Gasteiger charge is -2.44. The van der Waals surface area contributed by atoms with Crippen LogP contribution in [-0.4, -0.2) is 54.8 Å². The van der Waals surface area contributed by atoms with Crippen LogP contribution in [0.5, 0.6) is 5.75 Å². The van der Waals surface area contributed by atoms with Gasteiger partial charge in [-0.1, -0.05) is 129 Å². The SMILES string of the molecule is C/C(=C\c1ccccc1O)CC[C@@H](O)C1=C(CO[Si](c2ccccc2)(c2ccccc2)C(C)(C)C)C[C@H]2C(=O)N(c3ccccc3)C(=O)[C@H]2[C@H]1CO. The lowest BCUT2D eigenvalue weighted by Crippen LogP contribution is -2.66. The molecule has 0 radical (unpaired) electrons. The number of aromatic hydroxyl groups is 1. The van der Waals surface area contributed by atoms with Gasteiger partial charge >= 0.3 is 0 Å². The molecule has 0 bridgehead atoms. The van der Waals surface area contributed by atoms with Crippen molar-refractivity contribution in [3.05, 3.63) is 138 Å². The number of aliphatic hydroxyl groups is 2. The van der Waals surface area contributed by atoms with Crippen molar-refractivity contribution in [3.63, 3.8) is 0 Å². The number of rotatable bonds is 12. The molecule has 0 aromatic heterocycles. The second-order valence-electron chi connectivity index (χ2n) is 15.1. The molecule has 1 saturated heterocycles. The topological polar surface area (TPSA) is 107 Å². The number of nitrogens with zero attached hydrogens (tertiary/aromatic N) is 1. The van der Waals surface area contributed by atoms with Crippen LogP contribution in [0.3, 0.4) is 0 Å². The van der Waals surface area contributed by atoms with Gasteiger partial charge in [-0.2, -0.15) is 0 Å². The van der Waals surface area contributed by atoms with Crippen LogP contribution < -0.4 is 15.3 Å². The van der Waals surface area contributed by atoms with Gasteiger partial charge < -0.3 is 19.7 Å². The van der Waals surface area contributed by atoms with E-state index >= 15 is 0 Å². The number of aliphatic hydroxyl groups excluding tert-OH is 2. The van der Waals surface area contributed by atoms with Crippen molar-refractivity contribution in [2.45, 2.75) is 58.1 Å². The molecule has 1 aliphatic heterocycles. The molecule has 0 spiro atoms. The first-order chi connectivity index (χ1) is 25.0. The predicted molar refractivity (Wildman–Crippen MR) is 209 cm³/mol. The summed E-state index contributed by atoms with van der Waals surface area (Å²) in [5.41, 5.74) is 3.51. The number of para-hydroxylation sites is 2. The van der Waals surface area contributed by atoms with Gasteiger partial charge in [0.25, 0.3) is 8.32 Å². The maximum Gasteiger partial charge on any atom is 0.261 e. The van der Waals surface area contributed by atoms with Crippen molar-refractivity contribution in [2.75, 3.05) is 18.1 Å². The van der Waals surface area contributed by atoms with E-state index in [4.69, 9.17) is 4.43 Å². The fourth-order valence-corrected chi connectivity index (χ4v) is 12.9. The van der Waals surface area contributed by atoms with Gasteiger partial charge in [0.2, 0.25) is 11.8 Å². The second-order valence-corrected chi connectivity index (χ2v) is 19.4. The molecule has 4 atom stereocenters. The average molecular weight is 716 g/mol. The molecule has 8 heteroatoms. The van der Waals surface area contributed by atoms with E-state index in [1.807, 2.05) is 67.6 Å². The number of carbonyl (C=O) groups is 2. The minimum absolute atomic E-state index is 0.138. The van der Waals surface area contributed by atoms with Crippen molar-refractivity contribution in [2.24, 2.45) is 17.8 Å². The molecule has 0 unspecified atom stereocenters. The quantitative estimate of drug-likeness (QED) is 0.0865. The van der Waals surface area contributed by atoms with E-state index in [1.54, 1.807) is 36.4 Å². The Morgan fingerprint density at radius 2 is 1.42 bits per heavy atom. The highest BCUT2D eigenvalue weighted by atomic mass is 28.4. The lowest BCUT2D eigenvalue weighted by atomic mass is 9.68. The first kappa shape index (κ1) is 37.2. The third kappa shape index (κ3) is 7.08. The Balaban J connectivity index is 1.42. The summed E-state index contributed by atoms with van der Waals surface area (Å²) >= 11 is 0. The van der Waals surface area contributed by atoms with Crippen LogP contribution in [0.15, 0.2) is 132 Å². The van der Waals surface area contributed by atoms with E-state index in [9.17, 15) is 24.9 Å². The van der Waals surface area contributed by atoms with E-state index in [0.717, 1.165) is 21.5 Å². The van der Waals surface area contributed by atoms with Gasteiger partial charge in [-0.15, -0.1) is 0 Å². The molecule has 6 rings (SSSR count). The first-order valence-electron chi connectivity index (χ1n) is 18.1. The van der Waals surface area contributed by atoms with Crippen molar-refractivity contribution in [1.29, 1.82) is 0 Å². The van der Waals surface area contributed by atoms with Crippen LogP contribution in [0, 0.1) is 17.8 Å². The van der Waals surface area contributed by atoms with E-state index in [2.05, 4.69) is 45.0 Å². The number of anilines is 1. The number of amides is 2. The molecule has 0 saturated carbocycles. The third-order valence-corrected chi connectivity index (χ3v) is 15.8. The van der Waals surface area contributed by atoms with Gasteiger partial charge in [-0.3, -0.25) is 14.5 Å². The zero-order valence-corrected chi connectivity index (χ0v) is 31.4. The highest BCUT2D eigenvalue weighted by Gasteiger charge is 2.56. The van der Waals surface area contributed by atoms with Gasteiger partial charge in [0, 0.05) is 11.5 Å². The molecule has 2 aliphatic rings. The van der Waals surface area contributed by atoms with Gasteiger partial charge in [-0.25, -0.2) is 0 Å². The van der Waals surface area contributed by atoms with Crippen molar-refractivity contribution in [3.8, 4) is 5.75 Å². The fraction of sp³-hybridized carbons (Fsp3) is 0.318. The number of carbonyl (C=O) groups excluding carboxylic acids is 2. The van der Waals surface area contributed by atoms with Crippen LogP contribution in [0.2, 0.25) is 5.04 Å². The Hall–Kier alpha value is -4.60. The van der Waals surface area contributed by atoms with Gasteiger partial charge in [0.1, 0.15) is 5.75 Å². The normalized spacial score (nSPS) is 20.3. The average Bonchev–Trinajstić information content (AvgIpc) is 3.40. The van der Waals surface area contributed by atoms with Crippen LogP contribution in [0.4, 0.5) is 5.69 Å². The number of hydrogen-bond donors (Lipinski definition) is 3. The van der Waals surface area contributed by atoms with Crippen molar-refractivity contribution < 1.29 is 29.3 Å². The van der Waals surface area contributed by atoms with Gasteiger partial charge in [-0.05, 0) is 70.9 Å². The summed E-state index contributed by atoms with van der Waals surface area (Å²) in [6.07, 6.45) is 1.98. The number of phenolic OH excluding ortho intramolecular Hbond substituents is 1. The molecule has 4 aromatic rings. The second kappa shape index (κ2) is 15.6. The molecule has 3 N–H and O–H groups in total. The molecule has 270 valence electrons. The maximum absolute atomic E-state index is 14.1. The number of phenols is 1. The largest absolute Gasteiger partial charge is 0.507 e. The van der Waals surface area contributed by atoms with Gasteiger partial charge in [0.05, 0.1) is 36.8 Å². The number of fused-ring (bicyclic) bond motifs is 1. The molecule has 2 amide bonds. The molecule has 1 fully saturated rings. The maximum atomic E-state index is 14.1. The number of allylic oxidation sites excluding steroid dienone is 1. The summed E-state index contributed by atoms with van der Waals surface area (Å²) in [6, 6.07) is 36.6. The van der Waals surface area contributed by atoms with E-state index in [-0.39, 0.29) is 35.6 Å². The summed E-state index contributed by atoms with van der Waals surface area (Å²) in [4.78, 5) is 29.5.